The van der Waals surface area contributed by atoms with E-state index in [0.29, 0.717) is 35.8 Å². The second-order valence-electron chi connectivity index (χ2n) is 8.07. The molecule has 1 amide bonds. The molecule has 2 atom stereocenters. The molecule has 8 heteroatoms. The third kappa shape index (κ3) is 4.52. The number of nitrogens with zero attached hydrogens (tertiary/aromatic N) is 2. The zero-order valence-electron chi connectivity index (χ0n) is 19.3. The molecule has 34 heavy (non-hydrogen) atoms. The largest absolute Gasteiger partial charge is 0.493 e. The molecule has 176 valence electrons. The first-order chi connectivity index (χ1) is 16.4. The Hall–Kier alpha value is -4.07. The minimum Gasteiger partial charge on any atom is -0.493 e. The molecule has 3 aromatic rings. The Morgan fingerprint density at radius 1 is 0.941 bits per heavy atom. The molecule has 0 spiro atoms. The lowest BCUT2D eigenvalue weighted by Gasteiger charge is -2.47. The lowest BCUT2D eigenvalue weighted by molar-refractivity contribution is -0.385. The molecule has 1 aliphatic heterocycles. The van der Waals surface area contributed by atoms with Crippen molar-refractivity contribution in [1.82, 2.24) is 4.90 Å². The number of non-ortho nitro benzene ring substituents is 1. The van der Waals surface area contributed by atoms with Crippen LogP contribution in [0, 0.1) is 17.0 Å². The summed E-state index contributed by atoms with van der Waals surface area (Å²) >= 11 is 0. The Kier molecular flexibility index (Phi) is 6.67. The quantitative estimate of drug-likeness (QED) is 0.264. The molecule has 1 fully saturated rings. The van der Waals surface area contributed by atoms with Crippen molar-refractivity contribution in [1.29, 1.82) is 0 Å². The fourth-order valence-corrected chi connectivity index (χ4v) is 4.17. The first-order valence-corrected chi connectivity index (χ1v) is 10.9. The normalized spacial score (nSPS) is 17.1. The fraction of sp³-hybridized carbons (Fsp3) is 0.269. The molecule has 1 aliphatic rings. The highest BCUT2D eigenvalue weighted by Crippen LogP contribution is 2.39. The number of methoxy groups -OCH3 is 2. The molecule has 4 rings (SSSR count). The van der Waals surface area contributed by atoms with Gasteiger partial charge in [-0.15, -0.1) is 0 Å². The molecule has 0 radical (unpaired) electrons. The zero-order valence-corrected chi connectivity index (χ0v) is 19.3. The van der Waals surface area contributed by atoms with Gasteiger partial charge in [-0.05, 0) is 48.2 Å². The van der Waals surface area contributed by atoms with Crippen LogP contribution in [0.1, 0.15) is 22.7 Å². The summed E-state index contributed by atoms with van der Waals surface area (Å²) in [5.74, 6) is 1.72. The zero-order chi connectivity index (χ0) is 24.2. The van der Waals surface area contributed by atoms with Gasteiger partial charge in [-0.25, -0.2) is 0 Å². The Balaban J connectivity index is 1.59. The van der Waals surface area contributed by atoms with E-state index in [1.165, 1.54) is 12.1 Å². The second kappa shape index (κ2) is 9.82. The molecule has 0 bridgehead atoms. The number of ether oxygens (including phenoxy) is 3. The van der Waals surface area contributed by atoms with Crippen molar-refractivity contribution in [2.75, 3.05) is 20.8 Å². The number of likely N-dealkylation sites (tertiary alicyclic amines) is 1. The summed E-state index contributed by atoms with van der Waals surface area (Å²) in [5, 5.41) is 11.3. The number of β-lactam (4-membered cyclic amide) rings is 1. The Bertz CT molecular complexity index is 1210. The van der Waals surface area contributed by atoms with E-state index in [-0.39, 0.29) is 11.6 Å². The molecular formula is C26H26N2O6. The number of hydrogen-bond donors (Lipinski definition) is 0. The minimum atomic E-state index is -0.756. The third-order valence-corrected chi connectivity index (χ3v) is 6.01. The van der Waals surface area contributed by atoms with E-state index >= 15 is 0 Å². The highest BCUT2D eigenvalue weighted by Gasteiger charge is 2.50. The Morgan fingerprint density at radius 2 is 1.71 bits per heavy atom. The van der Waals surface area contributed by atoms with Crippen LogP contribution in [-0.2, 0) is 11.2 Å². The van der Waals surface area contributed by atoms with Crippen LogP contribution in [0.4, 0.5) is 5.69 Å². The number of carbonyl (C=O) groups excluding carboxylic acids is 1. The monoisotopic (exact) mass is 462 g/mol. The first-order valence-electron chi connectivity index (χ1n) is 10.9. The van der Waals surface area contributed by atoms with E-state index < -0.39 is 17.1 Å². The molecule has 8 nitrogen and oxygen atoms in total. The van der Waals surface area contributed by atoms with Gasteiger partial charge in [-0.3, -0.25) is 14.9 Å². The van der Waals surface area contributed by atoms with Crippen molar-refractivity contribution in [3.8, 4) is 17.2 Å². The molecule has 1 heterocycles. The van der Waals surface area contributed by atoms with Crippen LogP contribution in [0.3, 0.4) is 0 Å². The van der Waals surface area contributed by atoms with E-state index in [2.05, 4.69) is 0 Å². The SMILES string of the molecule is COc1ccc(CCN2C(=O)[C@H](Oc3ccccc3C)[C@@H]2c2cccc([N+](=O)[O-])c2)cc1OC. The van der Waals surface area contributed by atoms with E-state index in [1.54, 1.807) is 31.3 Å². The molecule has 0 aromatic heterocycles. The molecule has 0 unspecified atom stereocenters. The smallest absolute Gasteiger partial charge is 0.269 e. The summed E-state index contributed by atoms with van der Waals surface area (Å²) in [7, 11) is 3.15. The number of carbonyl (C=O) groups is 1. The van der Waals surface area contributed by atoms with Gasteiger partial charge in [0, 0.05) is 18.7 Å². The maximum absolute atomic E-state index is 13.1. The van der Waals surface area contributed by atoms with Gasteiger partial charge in [0.1, 0.15) is 11.8 Å². The number of nitro groups is 1. The summed E-state index contributed by atoms with van der Waals surface area (Å²) in [5.41, 5.74) is 2.54. The summed E-state index contributed by atoms with van der Waals surface area (Å²) in [4.78, 5) is 25.8. The van der Waals surface area contributed by atoms with Crippen molar-refractivity contribution in [2.24, 2.45) is 0 Å². The van der Waals surface area contributed by atoms with Gasteiger partial charge in [-0.2, -0.15) is 0 Å². The van der Waals surface area contributed by atoms with Gasteiger partial charge in [0.25, 0.3) is 11.6 Å². The van der Waals surface area contributed by atoms with Crippen molar-refractivity contribution in [3.63, 3.8) is 0 Å². The predicted molar refractivity (Wildman–Crippen MR) is 126 cm³/mol. The Morgan fingerprint density at radius 3 is 2.41 bits per heavy atom. The van der Waals surface area contributed by atoms with Crippen LogP contribution >= 0.6 is 0 Å². The van der Waals surface area contributed by atoms with Crippen molar-refractivity contribution < 1.29 is 23.9 Å². The number of amides is 1. The number of aryl methyl sites for hydroxylation is 1. The molecular weight excluding hydrogens is 436 g/mol. The lowest BCUT2D eigenvalue weighted by Crippen LogP contribution is -2.61. The van der Waals surface area contributed by atoms with Gasteiger partial charge in [0.05, 0.1) is 19.1 Å². The molecule has 3 aromatic carbocycles. The minimum absolute atomic E-state index is 0.0219. The number of rotatable bonds is 9. The van der Waals surface area contributed by atoms with E-state index in [0.717, 1.165) is 11.1 Å². The summed E-state index contributed by atoms with van der Waals surface area (Å²) in [6, 6.07) is 19.1. The summed E-state index contributed by atoms with van der Waals surface area (Å²) in [6.45, 7) is 2.34. The van der Waals surface area contributed by atoms with Crippen LogP contribution in [0.15, 0.2) is 66.7 Å². The van der Waals surface area contributed by atoms with Crippen molar-refractivity contribution >= 4 is 11.6 Å². The van der Waals surface area contributed by atoms with E-state index in [4.69, 9.17) is 14.2 Å². The maximum Gasteiger partial charge on any atom is 0.269 e. The van der Waals surface area contributed by atoms with Crippen LogP contribution in [-0.4, -0.2) is 42.6 Å². The van der Waals surface area contributed by atoms with Gasteiger partial charge in [0.15, 0.2) is 11.5 Å². The first kappa shape index (κ1) is 23.1. The lowest BCUT2D eigenvalue weighted by atomic mass is 9.89. The van der Waals surface area contributed by atoms with Gasteiger partial charge in [0.2, 0.25) is 6.10 Å². The predicted octanol–water partition coefficient (Wildman–Crippen LogP) is 4.49. The number of hydrogen-bond acceptors (Lipinski definition) is 6. The fourth-order valence-electron chi connectivity index (χ4n) is 4.17. The number of benzene rings is 3. The van der Waals surface area contributed by atoms with E-state index in [9.17, 15) is 14.9 Å². The van der Waals surface area contributed by atoms with Crippen LogP contribution in [0.25, 0.3) is 0 Å². The Labute approximate surface area is 197 Å². The third-order valence-electron chi connectivity index (χ3n) is 6.01. The summed E-state index contributed by atoms with van der Waals surface area (Å²) in [6.07, 6.45) is -0.178. The highest BCUT2D eigenvalue weighted by molar-refractivity contribution is 5.89. The highest BCUT2D eigenvalue weighted by atomic mass is 16.6. The average molecular weight is 463 g/mol. The van der Waals surface area contributed by atoms with E-state index in [1.807, 2.05) is 49.4 Å². The standard InChI is InChI=1S/C26H26N2O6/c1-17-7-4-5-10-21(17)34-25-24(19-8-6-9-20(16-19)28(30)31)27(26(25)29)14-13-18-11-12-22(32-2)23(15-18)33-3/h4-12,15-16,24-25H,13-14H2,1-3H3/t24-,25+/m0/s1. The number of para-hydroxylation sites is 1. The van der Waals surface area contributed by atoms with Crippen LogP contribution < -0.4 is 14.2 Å². The second-order valence-corrected chi connectivity index (χ2v) is 8.07. The van der Waals surface area contributed by atoms with Gasteiger partial charge < -0.3 is 19.1 Å². The number of nitro benzene ring substituents is 1. The topological polar surface area (TPSA) is 91.1 Å². The maximum atomic E-state index is 13.1. The molecule has 0 N–H and O–H groups in total. The van der Waals surface area contributed by atoms with Crippen LogP contribution in [0.2, 0.25) is 0 Å². The van der Waals surface area contributed by atoms with Gasteiger partial charge >= 0.3 is 0 Å². The van der Waals surface area contributed by atoms with Crippen molar-refractivity contribution in [2.45, 2.75) is 25.5 Å². The average Bonchev–Trinajstić information content (AvgIpc) is 2.85. The molecule has 1 saturated heterocycles. The van der Waals surface area contributed by atoms with Crippen molar-refractivity contribution in [3.05, 3.63) is 93.5 Å². The van der Waals surface area contributed by atoms with Gasteiger partial charge in [-0.1, -0.05) is 36.4 Å². The summed E-state index contributed by atoms with van der Waals surface area (Å²) < 4.78 is 16.8. The molecule has 0 saturated carbocycles. The van der Waals surface area contributed by atoms with Crippen LogP contribution in [0.5, 0.6) is 17.2 Å². The molecule has 0 aliphatic carbocycles.